The Morgan fingerprint density at radius 2 is 1.73 bits per heavy atom. The summed E-state index contributed by atoms with van der Waals surface area (Å²) in [5.41, 5.74) is 0.347. The molecule has 15 heteroatoms. The van der Waals surface area contributed by atoms with E-state index in [1.165, 1.54) is 18.1 Å². The van der Waals surface area contributed by atoms with Crippen molar-refractivity contribution in [3.05, 3.63) is 11.8 Å². The minimum Gasteiger partial charge on any atom is -0.440 e. The Balaban J connectivity index is 0.00000235. The summed E-state index contributed by atoms with van der Waals surface area (Å²) in [5.74, 6) is -0.313. The molecule has 0 saturated carbocycles. The monoisotopic (exact) mass is 554 g/mol. The lowest BCUT2D eigenvalue weighted by atomic mass is 10.2. The highest BCUT2D eigenvalue weighted by molar-refractivity contribution is 7.41. The van der Waals surface area contributed by atoms with Crippen LogP contribution in [0, 0.1) is 0 Å². The van der Waals surface area contributed by atoms with E-state index < -0.39 is 40.7 Å². The molecule has 1 saturated heterocycles. The molecule has 0 spiro atoms. The second-order valence-corrected chi connectivity index (χ2v) is 9.08. The number of likely N-dealkylation sites (N-methyl/N-ethyl adjacent to an activating group) is 1. The number of amides is 2. The molecule has 0 aromatic carbocycles. The van der Waals surface area contributed by atoms with Gasteiger partial charge in [0.1, 0.15) is 6.23 Å². The van der Waals surface area contributed by atoms with Crippen LogP contribution in [0.25, 0.3) is 0 Å². The lowest BCUT2D eigenvalue weighted by molar-refractivity contribution is -0.136. The first kappa shape index (κ1) is 34.6. The Morgan fingerprint density at radius 3 is 2.27 bits per heavy atom. The number of carbonyl (C=O) groups excluding carboxylic acids is 4. The third-order valence-electron chi connectivity index (χ3n) is 4.27. The molecule has 3 unspecified atom stereocenters. The van der Waals surface area contributed by atoms with Crippen LogP contribution < -0.4 is 5.32 Å². The number of nitrogens with zero attached hydrogens (tertiary/aromatic N) is 1. The third-order valence-corrected chi connectivity index (χ3v) is 5.26. The maximum absolute atomic E-state index is 11.6. The number of nitrogens with one attached hydrogen (secondary N) is 1. The molecule has 1 N–H and O–H groups in total. The van der Waals surface area contributed by atoms with Crippen LogP contribution in [0.15, 0.2) is 11.8 Å². The highest BCUT2D eigenvalue weighted by Gasteiger charge is 2.30. The van der Waals surface area contributed by atoms with E-state index in [0.717, 1.165) is 0 Å². The van der Waals surface area contributed by atoms with E-state index in [1.54, 1.807) is 27.9 Å². The van der Waals surface area contributed by atoms with Crippen molar-refractivity contribution in [3.8, 4) is 0 Å². The highest BCUT2D eigenvalue weighted by Crippen LogP contribution is 2.40. The molecule has 0 bridgehead atoms. The second-order valence-electron chi connectivity index (χ2n) is 7.86. The maximum atomic E-state index is 11.6. The summed E-state index contributed by atoms with van der Waals surface area (Å²) in [6, 6.07) is 0. The molecule has 1 aliphatic rings. The lowest BCUT2D eigenvalue weighted by Gasteiger charge is -2.23. The molecule has 0 aromatic rings. The Hall–Kier alpha value is -2.35. The van der Waals surface area contributed by atoms with Crippen LogP contribution >= 0.6 is 8.60 Å². The first-order chi connectivity index (χ1) is 17.6. The van der Waals surface area contributed by atoms with E-state index in [-0.39, 0.29) is 25.1 Å². The summed E-state index contributed by atoms with van der Waals surface area (Å²) in [6.45, 7) is 8.19. The zero-order chi connectivity index (χ0) is 28.2. The Kier molecular flexibility index (Phi) is 19.4. The van der Waals surface area contributed by atoms with Gasteiger partial charge in [-0.15, -0.1) is 0 Å². The average molecular weight is 555 g/mol. The fraction of sp³-hybridized carbons (Fsp3) is 0.727. The average Bonchev–Trinajstić information content (AvgIpc) is 3.33. The van der Waals surface area contributed by atoms with Crippen LogP contribution in [0.3, 0.4) is 0 Å². The normalized spacial score (nSPS) is 17.9. The smallest absolute Gasteiger partial charge is 0.440 e. The van der Waals surface area contributed by atoms with Crippen molar-refractivity contribution >= 4 is 33.5 Å². The predicted molar refractivity (Wildman–Crippen MR) is 130 cm³/mol. The summed E-state index contributed by atoms with van der Waals surface area (Å²) in [6.07, 6.45) is 1.20. The van der Waals surface area contributed by atoms with Gasteiger partial charge in [0.2, 0.25) is 19.1 Å². The van der Waals surface area contributed by atoms with Crippen molar-refractivity contribution in [2.45, 2.75) is 72.0 Å². The fourth-order valence-electron chi connectivity index (χ4n) is 2.39. The van der Waals surface area contributed by atoms with Gasteiger partial charge in [0.25, 0.3) is 6.47 Å². The Morgan fingerprint density at radius 1 is 1.08 bits per heavy atom. The van der Waals surface area contributed by atoms with Crippen LogP contribution in [0.5, 0.6) is 0 Å². The molecule has 3 atom stereocenters. The molecule has 0 radical (unpaired) electrons. The largest absolute Gasteiger partial charge is 0.510 e. The summed E-state index contributed by atoms with van der Waals surface area (Å²) in [5, 5.41) is 2.47. The Labute approximate surface area is 218 Å². The highest BCUT2D eigenvalue weighted by atomic mass is 31.2. The van der Waals surface area contributed by atoms with Crippen molar-refractivity contribution in [2.24, 2.45) is 0 Å². The maximum Gasteiger partial charge on any atom is 0.510 e. The van der Waals surface area contributed by atoms with Crippen LogP contribution in [0.2, 0.25) is 0 Å². The van der Waals surface area contributed by atoms with Gasteiger partial charge in [0.05, 0.1) is 24.9 Å². The second kappa shape index (κ2) is 20.7. The quantitative estimate of drug-likeness (QED) is 0.0744. The van der Waals surface area contributed by atoms with Crippen molar-refractivity contribution in [2.75, 3.05) is 34.4 Å². The minimum atomic E-state index is -2.04. The molecule has 1 rings (SSSR count). The molecule has 2 amide bonds. The number of ether oxygens (including phenoxy) is 5. The molecular weight excluding hydrogens is 515 g/mol. The van der Waals surface area contributed by atoms with Gasteiger partial charge in [-0.3, -0.25) is 28.3 Å². The van der Waals surface area contributed by atoms with E-state index in [4.69, 9.17) is 32.5 Å². The van der Waals surface area contributed by atoms with Gasteiger partial charge in [-0.05, 0) is 47.5 Å². The third kappa shape index (κ3) is 16.9. The van der Waals surface area contributed by atoms with E-state index in [1.807, 2.05) is 13.8 Å². The van der Waals surface area contributed by atoms with E-state index >= 15 is 0 Å². The summed E-state index contributed by atoms with van der Waals surface area (Å²) >= 11 is 0. The zero-order valence-electron chi connectivity index (χ0n) is 22.4. The number of hydrogen-bond donors (Lipinski definition) is 1. The number of carbonyl (C=O) groups is 4. The number of methoxy groups -OCH3 is 1. The van der Waals surface area contributed by atoms with Gasteiger partial charge >= 0.3 is 14.8 Å². The fourth-order valence-corrected chi connectivity index (χ4v) is 3.19. The topological polar surface area (TPSA) is 157 Å². The molecule has 37 heavy (non-hydrogen) atoms. The van der Waals surface area contributed by atoms with E-state index in [2.05, 4.69) is 10.1 Å². The van der Waals surface area contributed by atoms with Crippen LogP contribution in [0.4, 0.5) is 4.79 Å². The first-order valence-corrected chi connectivity index (χ1v) is 12.6. The van der Waals surface area contributed by atoms with Crippen molar-refractivity contribution < 1.29 is 56.4 Å². The predicted octanol–water partition coefficient (Wildman–Crippen LogP) is 2.57. The molecule has 1 heterocycles. The first-order valence-electron chi connectivity index (χ1n) is 11.5. The van der Waals surface area contributed by atoms with Gasteiger partial charge in [-0.1, -0.05) is 0 Å². The van der Waals surface area contributed by atoms with E-state index in [0.29, 0.717) is 30.9 Å². The summed E-state index contributed by atoms with van der Waals surface area (Å²) in [7, 11) is 1.15. The van der Waals surface area contributed by atoms with Crippen LogP contribution in [-0.2, 0) is 51.6 Å². The van der Waals surface area contributed by atoms with Gasteiger partial charge in [0.15, 0.2) is 6.79 Å². The molecular formula is C22H39N2O12P. The Bertz CT molecular complexity index is 707. The lowest BCUT2D eigenvalue weighted by Crippen LogP contribution is -2.32. The van der Waals surface area contributed by atoms with Gasteiger partial charge in [0, 0.05) is 25.9 Å². The molecule has 14 nitrogen and oxygen atoms in total. The molecule has 1 fully saturated rings. The zero-order valence-corrected chi connectivity index (χ0v) is 23.3. The molecule has 0 aliphatic carbocycles. The van der Waals surface area contributed by atoms with Crippen molar-refractivity contribution in [3.63, 3.8) is 0 Å². The van der Waals surface area contributed by atoms with E-state index in [9.17, 15) is 19.2 Å². The van der Waals surface area contributed by atoms with Gasteiger partial charge in [-0.2, -0.15) is 0 Å². The number of hydrogen-bond acceptors (Lipinski definition) is 12. The van der Waals surface area contributed by atoms with Crippen LogP contribution in [0.1, 0.15) is 47.5 Å². The van der Waals surface area contributed by atoms with Gasteiger partial charge < -0.3 is 33.5 Å². The molecule has 1 aliphatic heterocycles. The summed E-state index contributed by atoms with van der Waals surface area (Å²) < 4.78 is 40.4. The standard InChI is InChI=1S/C18H29N2O11P.C4H10O/c1-13(2)30-18(24)26-12-29-32(28-11-25-10-22)27-8-15-5-6-16(31-15)20(9-21)7-14(3)17(23)19-4;1-4(2)5-3/h7,9-10,13,15-16H,5-6,8,11-12H2,1-4H3,(H,19,23);4H,1-3H3/b14-7-;. The SMILES string of the molecule is CNC(=O)/C(C)=C\N(C=O)C1CCC(COP(OCOC=O)OCOC(=O)OC(C)C)O1.COC(C)C. The number of rotatable bonds is 16. The molecule has 0 aromatic heterocycles. The van der Waals surface area contributed by atoms with Crippen LogP contribution in [-0.4, -0.2) is 88.7 Å². The molecule has 214 valence electrons. The van der Waals surface area contributed by atoms with Crippen molar-refractivity contribution in [1.82, 2.24) is 10.2 Å². The minimum absolute atomic E-state index is 0.0323. The van der Waals surface area contributed by atoms with Crippen molar-refractivity contribution in [1.29, 1.82) is 0 Å². The van der Waals surface area contributed by atoms with Gasteiger partial charge in [-0.25, -0.2) is 4.79 Å². The summed E-state index contributed by atoms with van der Waals surface area (Å²) in [4.78, 5) is 46.0.